The molecule has 1 aromatic heterocycles. The second-order valence-corrected chi connectivity index (χ2v) is 9.89. The Morgan fingerprint density at radius 2 is 1.78 bits per heavy atom. The predicted molar refractivity (Wildman–Crippen MR) is 144 cm³/mol. The molecule has 37 heavy (non-hydrogen) atoms. The summed E-state index contributed by atoms with van der Waals surface area (Å²) in [6.07, 6.45) is 3.52. The molecule has 7 nitrogen and oxygen atoms in total. The van der Waals surface area contributed by atoms with E-state index in [9.17, 15) is 9.59 Å². The fraction of sp³-hybridized carbons (Fsp3) is 0.276. The highest BCUT2D eigenvalue weighted by atomic mass is 32.2. The number of imide groups is 1. The van der Waals surface area contributed by atoms with Crippen LogP contribution in [0.15, 0.2) is 71.3 Å². The molecule has 1 atom stereocenters. The summed E-state index contributed by atoms with van der Waals surface area (Å²) in [5.74, 6) is 1.28. The van der Waals surface area contributed by atoms with Gasteiger partial charge < -0.3 is 14.0 Å². The molecule has 5 rings (SSSR count). The Morgan fingerprint density at radius 3 is 2.59 bits per heavy atom. The molecule has 2 amide bonds. The highest BCUT2D eigenvalue weighted by molar-refractivity contribution is 8.15. The zero-order valence-electron chi connectivity index (χ0n) is 20.6. The summed E-state index contributed by atoms with van der Waals surface area (Å²) in [5, 5.41) is 6.83. The number of nitrogens with zero attached hydrogens (tertiary/aromatic N) is 1. The van der Waals surface area contributed by atoms with Crippen molar-refractivity contribution in [2.45, 2.75) is 37.9 Å². The number of hydrogen-bond donors (Lipinski definition) is 1. The first-order chi connectivity index (χ1) is 18.1. The molecule has 4 aromatic rings. The second kappa shape index (κ2) is 11.5. The largest absolute Gasteiger partial charge is 0.494 e. The summed E-state index contributed by atoms with van der Waals surface area (Å²) >= 11 is 0.992. The highest BCUT2D eigenvalue weighted by Crippen LogP contribution is 2.36. The molecule has 0 aliphatic carbocycles. The van der Waals surface area contributed by atoms with Gasteiger partial charge in [-0.1, -0.05) is 54.9 Å². The summed E-state index contributed by atoms with van der Waals surface area (Å²) in [6, 6.07) is 21.3. The zero-order chi connectivity index (χ0) is 25.6. The van der Waals surface area contributed by atoms with Crippen molar-refractivity contribution < 1.29 is 23.6 Å². The molecule has 1 unspecified atom stereocenters. The van der Waals surface area contributed by atoms with Gasteiger partial charge in [-0.2, -0.15) is 0 Å². The van der Waals surface area contributed by atoms with Crippen molar-refractivity contribution in [3.63, 3.8) is 0 Å². The maximum absolute atomic E-state index is 11.9. The molecule has 1 aliphatic rings. The van der Waals surface area contributed by atoms with Crippen LogP contribution in [0.4, 0.5) is 4.79 Å². The van der Waals surface area contributed by atoms with E-state index in [1.54, 1.807) is 0 Å². The second-order valence-electron chi connectivity index (χ2n) is 8.81. The summed E-state index contributed by atoms with van der Waals surface area (Å²) in [4.78, 5) is 23.4. The van der Waals surface area contributed by atoms with Gasteiger partial charge in [-0.05, 0) is 66.9 Å². The minimum absolute atomic E-state index is 0.285. The number of hydrogen-bond acceptors (Lipinski definition) is 7. The number of rotatable bonds is 11. The lowest BCUT2D eigenvalue weighted by Crippen LogP contribution is -2.20. The predicted octanol–water partition coefficient (Wildman–Crippen LogP) is 6.71. The molecule has 0 radical (unpaired) electrons. The van der Waals surface area contributed by atoms with Crippen molar-refractivity contribution in [3.8, 4) is 22.8 Å². The van der Waals surface area contributed by atoms with Gasteiger partial charge >= 0.3 is 0 Å². The standard InChI is InChI=1S/C29H28N2O5S/c1-2-9-21-22(26-23-12-3-4-14-25(23)36-31-26)13-8-15-24(21)35-17-6-5-16-34-20-11-7-10-19(18-20)27-28(32)30-29(33)37-27/h3-4,7-8,10-15,18,27H,2,5-6,9,16-17H2,1H3,(H,30,32,33). The number of amides is 2. The van der Waals surface area contributed by atoms with Crippen LogP contribution in [-0.4, -0.2) is 29.5 Å². The first kappa shape index (κ1) is 24.9. The van der Waals surface area contributed by atoms with E-state index in [2.05, 4.69) is 23.5 Å². The van der Waals surface area contributed by atoms with Gasteiger partial charge in [0.15, 0.2) is 5.58 Å². The van der Waals surface area contributed by atoms with E-state index >= 15 is 0 Å². The first-order valence-electron chi connectivity index (χ1n) is 12.5. The molecule has 1 saturated heterocycles. The van der Waals surface area contributed by atoms with Gasteiger partial charge in [0.2, 0.25) is 5.91 Å². The highest BCUT2D eigenvalue weighted by Gasteiger charge is 2.33. The fourth-order valence-corrected chi connectivity index (χ4v) is 5.25. The molecule has 0 saturated carbocycles. The van der Waals surface area contributed by atoms with Gasteiger partial charge in [0, 0.05) is 16.5 Å². The zero-order valence-corrected chi connectivity index (χ0v) is 21.4. The summed E-state index contributed by atoms with van der Waals surface area (Å²) in [6.45, 7) is 3.26. The average molecular weight is 517 g/mol. The third-order valence-electron chi connectivity index (χ3n) is 6.18. The topological polar surface area (TPSA) is 90.7 Å². The Balaban J connectivity index is 1.16. The Kier molecular flexibility index (Phi) is 7.75. The van der Waals surface area contributed by atoms with Crippen molar-refractivity contribution in [2.75, 3.05) is 13.2 Å². The lowest BCUT2D eigenvalue weighted by Gasteiger charge is -2.15. The van der Waals surface area contributed by atoms with E-state index in [-0.39, 0.29) is 11.1 Å². The first-order valence-corrected chi connectivity index (χ1v) is 13.4. The molecular weight excluding hydrogens is 488 g/mol. The van der Waals surface area contributed by atoms with E-state index in [0.29, 0.717) is 19.0 Å². The number of unbranched alkanes of at least 4 members (excludes halogenated alkanes) is 1. The molecule has 8 heteroatoms. The van der Waals surface area contributed by atoms with Crippen molar-refractivity contribution >= 4 is 33.9 Å². The van der Waals surface area contributed by atoms with Crippen molar-refractivity contribution in [1.29, 1.82) is 0 Å². The summed E-state index contributed by atoms with van der Waals surface area (Å²) in [7, 11) is 0. The number of aromatic nitrogens is 1. The molecule has 1 fully saturated rings. The van der Waals surface area contributed by atoms with Crippen LogP contribution in [-0.2, 0) is 11.2 Å². The Morgan fingerprint density at radius 1 is 0.973 bits per heavy atom. The number of para-hydroxylation sites is 1. The van der Waals surface area contributed by atoms with Crippen LogP contribution in [0.25, 0.3) is 22.2 Å². The van der Waals surface area contributed by atoms with Gasteiger partial charge in [0.1, 0.15) is 22.4 Å². The fourth-order valence-electron chi connectivity index (χ4n) is 4.43. The third-order valence-corrected chi connectivity index (χ3v) is 7.22. The molecule has 3 aromatic carbocycles. The minimum atomic E-state index is -0.521. The SMILES string of the molecule is CCCc1c(OCCCCOc2cccc(C3SC(=O)NC3=O)c2)cccc1-c1noc2ccccc12. The van der Waals surface area contributed by atoms with Crippen LogP contribution in [0.2, 0.25) is 0 Å². The van der Waals surface area contributed by atoms with Crippen LogP contribution in [0.5, 0.6) is 11.5 Å². The normalized spacial score (nSPS) is 15.2. The molecule has 0 spiro atoms. The molecule has 2 heterocycles. The Labute approximate surface area is 219 Å². The molecule has 0 bridgehead atoms. The molecule has 1 N–H and O–H groups in total. The van der Waals surface area contributed by atoms with E-state index in [1.807, 2.05) is 60.7 Å². The Hall–Kier alpha value is -3.78. The number of nitrogens with one attached hydrogen (secondary N) is 1. The van der Waals surface area contributed by atoms with Crippen LogP contribution in [0, 0.1) is 0 Å². The molecule has 1 aliphatic heterocycles. The van der Waals surface area contributed by atoms with Gasteiger partial charge in [0.05, 0.1) is 13.2 Å². The monoisotopic (exact) mass is 516 g/mol. The van der Waals surface area contributed by atoms with E-state index in [4.69, 9.17) is 14.0 Å². The molecular formula is C29H28N2O5S. The minimum Gasteiger partial charge on any atom is -0.494 e. The van der Waals surface area contributed by atoms with Crippen LogP contribution in [0.3, 0.4) is 0 Å². The number of fused-ring (bicyclic) bond motifs is 1. The van der Waals surface area contributed by atoms with E-state index in [0.717, 1.165) is 76.5 Å². The number of ether oxygens (including phenoxy) is 2. The quantitative estimate of drug-likeness (QED) is 0.222. The third kappa shape index (κ3) is 5.64. The van der Waals surface area contributed by atoms with E-state index in [1.165, 1.54) is 0 Å². The number of carbonyl (C=O) groups excluding carboxylic acids is 2. The number of carbonyl (C=O) groups is 2. The van der Waals surface area contributed by atoms with Gasteiger partial charge in [-0.25, -0.2) is 0 Å². The van der Waals surface area contributed by atoms with Crippen molar-refractivity contribution in [2.24, 2.45) is 0 Å². The number of benzene rings is 3. The van der Waals surface area contributed by atoms with E-state index < -0.39 is 5.25 Å². The van der Waals surface area contributed by atoms with Crippen LogP contribution < -0.4 is 14.8 Å². The van der Waals surface area contributed by atoms with Gasteiger partial charge in [-0.15, -0.1) is 0 Å². The lowest BCUT2D eigenvalue weighted by molar-refractivity contribution is -0.119. The Bertz CT molecular complexity index is 1420. The van der Waals surface area contributed by atoms with Crippen molar-refractivity contribution in [3.05, 3.63) is 77.9 Å². The number of thioether (sulfide) groups is 1. The van der Waals surface area contributed by atoms with Gasteiger partial charge in [-0.3, -0.25) is 14.9 Å². The van der Waals surface area contributed by atoms with Gasteiger partial charge in [0.25, 0.3) is 5.24 Å². The van der Waals surface area contributed by atoms with Crippen molar-refractivity contribution in [1.82, 2.24) is 10.5 Å². The van der Waals surface area contributed by atoms with Crippen LogP contribution in [0.1, 0.15) is 42.6 Å². The lowest BCUT2D eigenvalue weighted by atomic mass is 9.97. The smallest absolute Gasteiger partial charge is 0.286 e. The van der Waals surface area contributed by atoms with Crippen LogP contribution >= 0.6 is 11.8 Å². The average Bonchev–Trinajstić information content (AvgIpc) is 3.49. The summed E-state index contributed by atoms with van der Waals surface area (Å²) < 4.78 is 17.6. The maximum Gasteiger partial charge on any atom is 0.286 e. The maximum atomic E-state index is 11.9. The summed E-state index contributed by atoms with van der Waals surface area (Å²) in [5.41, 5.74) is 4.57. The molecule has 190 valence electrons.